The summed E-state index contributed by atoms with van der Waals surface area (Å²) in [5.41, 5.74) is -2.66. The van der Waals surface area contributed by atoms with Crippen molar-refractivity contribution in [3.63, 3.8) is 0 Å². The molecule has 1 saturated heterocycles. The molecule has 33 heavy (non-hydrogen) atoms. The van der Waals surface area contributed by atoms with E-state index < -0.39 is 20.2 Å². The maximum atomic E-state index is 12.8. The van der Waals surface area contributed by atoms with E-state index in [0.717, 1.165) is 53.7 Å². The van der Waals surface area contributed by atoms with E-state index in [-0.39, 0.29) is 5.54 Å². The lowest BCUT2D eigenvalue weighted by Crippen LogP contribution is -2.32. The standard InChI is InChI=1S/C23H22F3N3O3S/c1-32-20-4-2-3-19-21(20)16(9-12-27-19)13-29-15-28(14-22(29)10-11-22)17-5-7-18(8-6-17)33(30,31)23(24,25)26/h2-9,12H,10-11,13-15H2,1H3. The summed E-state index contributed by atoms with van der Waals surface area (Å²) in [5, 5.41) is 0.971. The Morgan fingerprint density at radius 1 is 1.09 bits per heavy atom. The molecule has 0 radical (unpaired) electrons. The molecule has 2 aliphatic rings. The first kappa shape index (κ1) is 22.0. The van der Waals surface area contributed by atoms with Crippen molar-refractivity contribution in [1.82, 2.24) is 9.88 Å². The summed E-state index contributed by atoms with van der Waals surface area (Å²) in [6, 6.07) is 12.7. The molecule has 3 aromatic rings. The van der Waals surface area contributed by atoms with Crippen molar-refractivity contribution in [2.24, 2.45) is 0 Å². The van der Waals surface area contributed by atoms with E-state index in [1.807, 2.05) is 24.3 Å². The molecule has 0 atom stereocenters. The molecule has 0 N–H and O–H groups in total. The topological polar surface area (TPSA) is 62.7 Å². The highest BCUT2D eigenvalue weighted by Gasteiger charge is 2.53. The number of hydrogen-bond donors (Lipinski definition) is 0. The monoisotopic (exact) mass is 477 g/mol. The molecular formula is C23H22F3N3O3S. The van der Waals surface area contributed by atoms with Crippen LogP contribution in [0.4, 0.5) is 18.9 Å². The van der Waals surface area contributed by atoms with Gasteiger partial charge in [0.1, 0.15) is 5.75 Å². The van der Waals surface area contributed by atoms with Gasteiger partial charge in [0, 0.05) is 35.9 Å². The van der Waals surface area contributed by atoms with Gasteiger partial charge < -0.3 is 9.64 Å². The van der Waals surface area contributed by atoms with Crippen LogP contribution in [0.5, 0.6) is 5.75 Å². The van der Waals surface area contributed by atoms with Crippen molar-refractivity contribution in [2.75, 3.05) is 25.2 Å². The molecule has 1 spiro atoms. The first-order valence-corrected chi connectivity index (χ1v) is 11.9. The summed E-state index contributed by atoms with van der Waals surface area (Å²) in [5.74, 6) is 0.762. The van der Waals surface area contributed by atoms with Gasteiger partial charge in [0.15, 0.2) is 0 Å². The summed E-state index contributed by atoms with van der Waals surface area (Å²) in [7, 11) is -3.72. The maximum Gasteiger partial charge on any atom is 0.501 e. The Labute approximate surface area is 189 Å². The number of alkyl halides is 3. The number of fused-ring (bicyclic) bond motifs is 1. The van der Waals surface area contributed by atoms with Gasteiger partial charge in [-0.3, -0.25) is 9.88 Å². The lowest BCUT2D eigenvalue weighted by atomic mass is 10.1. The van der Waals surface area contributed by atoms with Gasteiger partial charge in [-0.1, -0.05) is 6.07 Å². The summed E-state index contributed by atoms with van der Waals surface area (Å²) in [4.78, 5) is 8.15. The number of hydrogen-bond acceptors (Lipinski definition) is 6. The number of rotatable bonds is 5. The maximum absolute atomic E-state index is 12.8. The highest BCUT2D eigenvalue weighted by molar-refractivity contribution is 7.92. The van der Waals surface area contributed by atoms with Crippen LogP contribution in [-0.4, -0.2) is 49.7 Å². The van der Waals surface area contributed by atoms with E-state index in [2.05, 4.69) is 14.8 Å². The Morgan fingerprint density at radius 3 is 2.45 bits per heavy atom. The number of ether oxygens (including phenoxy) is 1. The third-order valence-electron chi connectivity index (χ3n) is 6.54. The van der Waals surface area contributed by atoms with Crippen LogP contribution in [0, 0.1) is 0 Å². The Morgan fingerprint density at radius 2 is 1.82 bits per heavy atom. The van der Waals surface area contributed by atoms with E-state index in [1.54, 1.807) is 13.3 Å². The van der Waals surface area contributed by atoms with E-state index in [4.69, 9.17) is 4.74 Å². The molecule has 174 valence electrons. The van der Waals surface area contributed by atoms with Crippen molar-refractivity contribution < 1.29 is 26.3 Å². The highest BCUT2D eigenvalue weighted by atomic mass is 32.2. The van der Waals surface area contributed by atoms with Crippen LogP contribution < -0.4 is 9.64 Å². The number of nitrogens with zero attached hydrogens (tertiary/aromatic N) is 3. The zero-order chi connectivity index (χ0) is 23.4. The average molecular weight is 478 g/mol. The molecule has 1 aromatic heterocycles. The molecule has 6 nitrogen and oxygen atoms in total. The van der Waals surface area contributed by atoms with Gasteiger partial charge in [0.05, 0.1) is 24.2 Å². The minimum atomic E-state index is -5.35. The number of pyridine rings is 1. The van der Waals surface area contributed by atoms with Gasteiger partial charge in [0.25, 0.3) is 9.84 Å². The third kappa shape index (κ3) is 3.71. The number of anilines is 1. The highest BCUT2D eigenvalue weighted by Crippen LogP contribution is 2.48. The van der Waals surface area contributed by atoms with Gasteiger partial charge in [-0.25, -0.2) is 8.42 Å². The molecule has 0 amide bonds. The fourth-order valence-corrected chi connectivity index (χ4v) is 5.35. The average Bonchev–Trinajstić information content (AvgIpc) is 3.48. The quantitative estimate of drug-likeness (QED) is 0.545. The second-order valence-corrected chi connectivity index (χ2v) is 10.5. The predicted molar refractivity (Wildman–Crippen MR) is 118 cm³/mol. The lowest BCUT2D eigenvalue weighted by molar-refractivity contribution is -0.0436. The Bertz CT molecular complexity index is 1300. The first-order chi connectivity index (χ1) is 15.6. The number of sulfone groups is 1. The molecule has 1 aliphatic carbocycles. The first-order valence-electron chi connectivity index (χ1n) is 10.5. The Kier molecular flexibility index (Phi) is 5.06. The molecular weight excluding hydrogens is 455 g/mol. The molecule has 10 heteroatoms. The molecule has 2 fully saturated rings. The molecule has 1 aliphatic heterocycles. The van der Waals surface area contributed by atoms with Crippen molar-refractivity contribution in [1.29, 1.82) is 0 Å². The predicted octanol–water partition coefficient (Wildman–Crippen LogP) is 4.35. The normalized spacial score (nSPS) is 18.2. The number of halogens is 3. The second-order valence-electron chi connectivity index (χ2n) is 8.53. The van der Waals surface area contributed by atoms with Gasteiger partial charge in [-0.2, -0.15) is 13.2 Å². The summed E-state index contributed by atoms with van der Waals surface area (Å²) in [6.45, 7) is 2.00. The molecule has 0 unspecified atom stereocenters. The third-order valence-corrected chi connectivity index (χ3v) is 8.04. The van der Waals surface area contributed by atoms with Crippen LogP contribution in [0.25, 0.3) is 10.9 Å². The van der Waals surface area contributed by atoms with Crippen LogP contribution in [0.15, 0.2) is 59.6 Å². The second kappa shape index (κ2) is 7.59. The lowest BCUT2D eigenvalue weighted by Gasteiger charge is -2.23. The van der Waals surface area contributed by atoms with E-state index in [9.17, 15) is 21.6 Å². The number of benzene rings is 2. The molecule has 5 rings (SSSR count). The van der Waals surface area contributed by atoms with Crippen LogP contribution >= 0.6 is 0 Å². The fourth-order valence-electron chi connectivity index (χ4n) is 4.59. The van der Waals surface area contributed by atoms with Crippen LogP contribution in [0.2, 0.25) is 0 Å². The Balaban J connectivity index is 1.40. The molecule has 2 aromatic carbocycles. The van der Waals surface area contributed by atoms with Crippen molar-refractivity contribution >= 4 is 26.4 Å². The summed E-state index contributed by atoms with van der Waals surface area (Å²) in [6.07, 6.45) is 3.85. The van der Waals surface area contributed by atoms with E-state index >= 15 is 0 Å². The van der Waals surface area contributed by atoms with Crippen molar-refractivity contribution in [3.05, 3.63) is 60.3 Å². The fraction of sp³-hybridized carbons (Fsp3) is 0.348. The largest absolute Gasteiger partial charge is 0.501 e. The van der Waals surface area contributed by atoms with Crippen LogP contribution in [-0.2, 0) is 16.4 Å². The zero-order valence-corrected chi connectivity index (χ0v) is 18.7. The smallest absolute Gasteiger partial charge is 0.496 e. The minimum absolute atomic E-state index is 0.00826. The number of aromatic nitrogens is 1. The van der Waals surface area contributed by atoms with Gasteiger partial charge >= 0.3 is 5.51 Å². The van der Waals surface area contributed by atoms with Crippen molar-refractivity contribution in [2.45, 2.75) is 35.3 Å². The van der Waals surface area contributed by atoms with Crippen LogP contribution in [0.3, 0.4) is 0 Å². The van der Waals surface area contributed by atoms with Crippen LogP contribution in [0.1, 0.15) is 18.4 Å². The van der Waals surface area contributed by atoms with Gasteiger partial charge in [0.2, 0.25) is 0 Å². The number of methoxy groups -OCH3 is 1. The summed E-state index contributed by atoms with van der Waals surface area (Å²) >= 11 is 0. The molecule has 0 bridgehead atoms. The minimum Gasteiger partial charge on any atom is -0.496 e. The molecule has 2 heterocycles. The molecule has 1 saturated carbocycles. The van der Waals surface area contributed by atoms with E-state index in [0.29, 0.717) is 18.9 Å². The summed E-state index contributed by atoms with van der Waals surface area (Å²) < 4.78 is 67.4. The van der Waals surface area contributed by atoms with Crippen molar-refractivity contribution in [3.8, 4) is 5.75 Å². The Hall–Kier alpha value is -2.85. The van der Waals surface area contributed by atoms with Gasteiger partial charge in [-0.05, 0) is 60.9 Å². The van der Waals surface area contributed by atoms with E-state index in [1.165, 1.54) is 12.1 Å². The SMILES string of the molecule is COc1cccc2nccc(CN3CN(c4ccc(S(=O)(=O)C(F)(F)F)cc4)CC34CC4)c12. The van der Waals surface area contributed by atoms with Gasteiger partial charge in [-0.15, -0.1) is 0 Å². The zero-order valence-electron chi connectivity index (χ0n) is 17.8.